The molecule has 0 atom stereocenters. The highest BCUT2D eigenvalue weighted by molar-refractivity contribution is 6.10. The molecule has 2 amide bonds. The first-order valence-corrected chi connectivity index (χ1v) is 12.6. The van der Waals surface area contributed by atoms with Crippen molar-refractivity contribution in [3.05, 3.63) is 76.0 Å². The van der Waals surface area contributed by atoms with E-state index in [2.05, 4.69) is 40.5 Å². The Balaban J connectivity index is 1.70. The first-order chi connectivity index (χ1) is 20.1. The van der Waals surface area contributed by atoms with Crippen LogP contribution in [0.2, 0.25) is 0 Å². The van der Waals surface area contributed by atoms with E-state index in [0.717, 1.165) is 0 Å². The number of carbonyl (C=O) groups is 3. The van der Waals surface area contributed by atoms with Gasteiger partial charge in [0.1, 0.15) is 5.82 Å². The molecule has 14 nitrogen and oxygen atoms in total. The van der Waals surface area contributed by atoms with Gasteiger partial charge in [-0.1, -0.05) is 0 Å². The predicted octanol–water partition coefficient (Wildman–Crippen LogP) is 2.94. The molecule has 0 fully saturated rings. The summed E-state index contributed by atoms with van der Waals surface area (Å²) < 4.78 is 15.5. The molecule has 0 saturated heterocycles. The zero-order valence-electron chi connectivity index (χ0n) is 23.8. The van der Waals surface area contributed by atoms with E-state index >= 15 is 0 Å². The molecule has 4 rings (SSSR count). The number of nitrogens with zero attached hydrogens (tertiary/aromatic N) is 6. The van der Waals surface area contributed by atoms with Gasteiger partial charge in [-0.3, -0.25) is 25.0 Å². The molecule has 0 unspecified atom stereocenters. The lowest BCUT2D eigenvalue weighted by Gasteiger charge is -2.11. The minimum atomic E-state index is -0.659. The maximum absolute atomic E-state index is 13.4. The molecule has 0 radical (unpaired) electrons. The van der Waals surface area contributed by atoms with Crippen LogP contribution in [0.15, 0.2) is 36.4 Å². The van der Waals surface area contributed by atoms with E-state index in [9.17, 15) is 14.4 Å². The van der Waals surface area contributed by atoms with Gasteiger partial charge in [0.05, 0.1) is 27.8 Å². The number of hydrogen-bond donors (Lipinski definition) is 2. The highest BCUT2D eigenvalue weighted by Crippen LogP contribution is 2.19. The SMILES string of the molecule is COc1cc(C)nc(CC(=O)c2cc(C(=O)Nc3nc(C)cc(OC)n3)cc(C(=O)Nc3nc(C)cc(OC)n3)c2)n1. The third-order valence-electron chi connectivity index (χ3n) is 5.71. The van der Waals surface area contributed by atoms with Gasteiger partial charge in [-0.2, -0.15) is 15.0 Å². The van der Waals surface area contributed by atoms with E-state index in [1.807, 2.05) is 0 Å². The van der Waals surface area contributed by atoms with E-state index in [4.69, 9.17) is 14.2 Å². The fraction of sp³-hybridized carbons (Fsp3) is 0.250. The number of ether oxygens (including phenoxy) is 3. The smallest absolute Gasteiger partial charge is 0.258 e. The average molecular weight is 573 g/mol. The number of aromatic nitrogens is 6. The molecule has 4 aromatic rings. The molecular formula is C28H28N8O6. The van der Waals surface area contributed by atoms with Crippen LogP contribution in [0.3, 0.4) is 0 Å². The lowest BCUT2D eigenvalue weighted by Crippen LogP contribution is -2.20. The number of rotatable bonds is 10. The zero-order valence-corrected chi connectivity index (χ0v) is 23.8. The summed E-state index contributed by atoms with van der Waals surface area (Å²) in [5.41, 5.74) is 1.80. The summed E-state index contributed by atoms with van der Waals surface area (Å²) in [6, 6.07) is 8.88. The highest BCUT2D eigenvalue weighted by atomic mass is 16.5. The minimum Gasteiger partial charge on any atom is -0.481 e. The predicted molar refractivity (Wildman–Crippen MR) is 150 cm³/mol. The molecule has 0 bridgehead atoms. The van der Waals surface area contributed by atoms with Crippen molar-refractivity contribution in [2.45, 2.75) is 27.2 Å². The fourth-order valence-corrected chi connectivity index (χ4v) is 3.83. The Morgan fingerprint density at radius 3 is 1.43 bits per heavy atom. The molecule has 3 heterocycles. The second-order valence-corrected chi connectivity index (χ2v) is 9.03. The van der Waals surface area contributed by atoms with Crippen LogP contribution in [0.4, 0.5) is 11.9 Å². The Morgan fingerprint density at radius 1 is 0.571 bits per heavy atom. The first-order valence-electron chi connectivity index (χ1n) is 12.6. The minimum absolute atomic E-state index is 0.000514. The molecule has 0 aliphatic heterocycles. The Labute approximate surface area is 240 Å². The van der Waals surface area contributed by atoms with E-state index < -0.39 is 17.6 Å². The van der Waals surface area contributed by atoms with Gasteiger partial charge in [0.2, 0.25) is 29.5 Å². The third kappa shape index (κ3) is 7.35. The molecular weight excluding hydrogens is 544 g/mol. The average Bonchev–Trinajstić information content (AvgIpc) is 2.95. The summed E-state index contributed by atoms with van der Waals surface area (Å²) in [7, 11) is 4.34. The van der Waals surface area contributed by atoms with Gasteiger partial charge in [0.15, 0.2) is 5.78 Å². The highest BCUT2D eigenvalue weighted by Gasteiger charge is 2.20. The molecule has 216 valence electrons. The molecule has 3 aromatic heterocycles. The van der Waals surface area contributed by atoms with Crippen LogP contribution in [0.1, 0.15) is 54.0 Å². The van der Waals surface area contributed by atoms with Gasteiger partial charge in [-0.25, -0.2) is 15.0 Å². The Morgan fingerprint density at radius 2 is 0.976 bits per heavy atom. The summed E-state index contributed by atoms with van der Waals surface area (Å²) in [6.07, 6.45) is -0.208. The molecule has 0 spiro atoms. The van der Waals surface area contributed by atoms with Gasteiger partial charge in [-0.15, -0.1) is 0 Å². The lowest BCUT2D eigenvalue weighted by molar-refractivity contribution is 0.0990. The first kappa shape index (κ1) is 29.5. The van der Waals surface area contributed by atoms with E-state index in [1.165, 1.54) is 39.5 Å². The number of ketones is 1. The standard InChI is InChI=1S/C28H28N8O6/c1-14-7-22(40-4)32-21(29-14)13-20(37)17-10-18(25(38)35-27-30-15(2)8-23(33-27)41-5)12-19(11-17)26(39)36-28-31-16(3)9-24(34-28)42-6/h7-12H,13H2,1-6H3,(H,30,33,35,38)(H,31,34,36,39). The van der Waals surface area contributed by atoms with Crippen molar-refractivity contribution in [3.8, 4) is 17.6 Å². The van der Waals surface area contributed by atoms with Crippen molar-refractivity contribution >= 4 is 29.5 Å². The summed E-state index contributed by atoms with van der Waals surface area (Å²) in [6.45, 7) is 5.18. The number of Topliss-reactive ketones (excluding diaryl/α,β-unsaturated/α-hetero) is 1. The van der Waals surface area contributed by atoms with E-state index in [0.29, 0.717) is 23.0 Å². The molecule has 2 N–H and O–H groups in total. The van der Waals surface area contributed by atoms with Gasteiger partial charge in [-0.05, 0) is 39.0 Å². The van der Waals surface area contributed by atoms with Crippen molar-refractivity contribution in [1.82, 2.24) is 29.9 Å². The third-order valence-corrected chi connectivity index (χ3v) is 5.71. The largest absolute Gasteiger partial charge is 0.481 e. The zero-order chi connectivity index (χ0) is 30.4. The van der Waals surface area contributed by atoms with Crippen LogP contribution in [0.25, 0.3) is 0 Å². The van der Waals surface area contributed by atoms with E-state index in [-0.39, 0.29) is 52.6 Å². The number of amides is 2. The van der Waals surface area contributed by atoms with Crippen molar-refractivity contribution in [2.75, 3.05) is 32.0 Å². The van der Waals surface area contributed by atoms with Crippen molar-refractivity contribution in [2.24, 2.45) is 0 Å². The Hall–Kier alpha value is -5.53. The van der Waals surface area contributed by atoms with Crippen molar-refractivity contribution in [1.29, 1.82) is 0 Å². The van der Waals surface area contributed by atoms with Gasteiger partial charge < -0.3 is 14.2 Å². The summed E-state index contributed by atoms with van der Waals surface area (Å²) in [5, 5.41) is 5.17. The molecule has 42 heavy (non-hydrogen) atoms. The number of hydrogen-bond acceptors (Lipinski definition) is 12. The lowest BCUT2D eigenvalue weighted by atomic mass is 10.00. The van der Waals surface area contributed by atoms with E-state index in [1.54, 1.807) is 39.0 Å². The number of nitrogens with one attached hydrogen (secondary N) is 2. The Bertz CT molecular complexity index is 1470. The topological polar surface area (TPSA) is 180 Å². The molecule has 0 aliphatic carbocycles. The normalized spacial score (nSPS) is 10.5. The number of methoxy groups -OCH3 is 3. The van der Waals surface area contributed by atoms with Crippen molar-refractivity contribution in [3.63, 3.8) is 0 Å². The summed E-state index contributed by atoms with van der Waals surface area (Å²) in [4.78, 5) is 65.1. The number of anilines is 2. The van der Waals surface area contributed by atoms with Crippen molar-refractivity contribution < 1.29 is 28.6 Å². The maximum atomic E-state index is 13.4. The molecule has 0 aliphatic rings. The maximum Gasteiger partial charge on any atom is 0.258 e. The van der Waals surface area contributed by atoms with Gasteiger partial charge >= 0.3 is 0 Å². The quantitative estimate of drug-likeness (QED) is 0.266. The molecule has 1 aromatic carbocycles. The summed E-state index contributed by atoms with van der Waals surface area (Å²) in [5.74, 6) is -0.748. The number of carbonyl (C=O) groups excluding carboxylic acids is 3. The number of benzene rings is 1. The second-order valence-electron chi connectivity index (χ2n) is 9.03. The molecule has 14 heteroatoms. The van der Waals surface area contributed by atoms with Crippen LogP contribution >= 0.6 is 0 Å². The monoisotopic (exact) mass is 572 g/mol. The van der Waals surface area contributed by atoms with Gasteiger partial charge in [0, 0.05) is 52.0 Å². The van der Waals surface area contributed by atoms with Gasteiger partial charge in [0.25, 0.3) is 11.8 Å². The fourth-order valence-electron chi connectivity index (χ4n) is 3.83. The number of aryl methyl sites for hydroxylation is 3. The Kier molecular flexibility index (Phi) is 8.95. The second kappa shape index (κ2) is 12.8. The van der Waals surface area contributed by atoms with Crippen LogP contribution < -0.4 is 24.8 Å². The van der Waals surface area contributed by atoms with Crippen LogP contribution in [-0.4, -0.2) is 68.8 Å². The summed E-state index contributed by atoms with van der Waals surface area (Å²) >= 11 is 0. The van der Waals surface area contributed by atoms with Crippen LogP contribution in [0.5, 0.6) is 17.6 Å². The van der Waals surface area contributed by atoms with Crippen LogP contribution in [0, 0.1) is 20.8 Å². The van der Waals surface area contributed by atoms with Crippen LogP contribution in [-0.2, 0) is 6.42 Å². The molecule has 0 saturated carbocycles.